The average molecular weight is 166 g/mol. The van der Waals surface area contributed by atoms with Gasteiger partial charge >= 0.3 is 5.97 Å². The third kappa shape index (κ3) is 1.73. The lowest BCUT2D eigenvalue weighted by Gasteiger charge is -2.05. The summed E-state index contributed by atoms with van der Waals surface area (Å²) in [6, 6.07) is 5.49. The standard InChI is InChI=1S/C8H10N2O2/c9-6-3-1-5(2-4-6)7(10)8(11)12/h1-4,7H,9-10H2,(H,11,12)/t7-/m1/s1. The topological polar surface area (TPSA) is 89.3 Å². The van der Waals surface area contributed by atoms with E-state index in [1.807, 2.05) is 0 Å². The molecule has 0 heterocycles. The Kier molecular flexibility index (Phi) is 2.30. The second-order valence-electron chi connectivity index (χ2n) is 2.48. The maximum absolute atomic E-state index is 10.4. The molecule has 0 bridgehead atoms. The van der Waals surface area contributed by atoms with E-state index < -0.39 is 12.0 Å². The first-order valence-electron chi connectivity index (χ1n) is 3.45. The van der Waals surface area contributed by atoms with Gasteiger partial charge in [0.25, 0.3) is 0 Å². The van der Waals surface area contributed by atoms with Crippen LogP contribution in [0.5, 0.6) is 0 Å². The van der Waals surface area contributed by atoms with E-state index in [0.29, 0.717) is 11.3 Å². The summed E-state index contributed by atoms with van der Waals surface area (Å²) in [5, 5.41) is 8.55. The van der Waals surface area contributed by atoms with Crippen LogP contribution in [0.25, 0.3) is 0 Å². The largest absolute Gasteiger partial charge is 0.480 e. The van der Waals surface area contributed by atoms with Crippen LogP contribution in [0.15, 0.2) is 24.3 Å². The summed E-state index contributed by atoms with van der Waals surface area (Å²) < 4.78 is 0. The maximum atomic E-state index is 10.4. The van der Waals surface area contributed by atoms with Crippen LogP contribution in [0.4, 0.5) is 5.69 Å². The van der Waals surface area contributed by atoms with E-state index in [4.69, 9.17) is 16.6 Å². The minimum absolute atomic E-state index is 0.553. The van der Waals surface area contributed by atoms with Gasteiger partial charge in [0, 0.05) is 5.69 Å². The highest BCUT2D eigenvalue weighted by atomic mass is 16.4. The maximum Gasteiger partial charge on any atom is 0.325 e. The summed E-state index contributed by atoms with van der Waals surface area (Å²) >= 11 is 0. The highest BCUT2D eigenvalue weighted by Crippen LogP contribution is 2.12. The molecule has 0 saturated carbocycles. The Morgan fingerprint density at radius 3 is 2.25 bits per heavy atom. The molecule has 5 N–H and O–H groups in total. The van der Waals surface area contributed by atoms with Crippen molar-refractivity contribution in [1.82, 2.24) is 0 Å². The lowest BCUT2D eigenvalue weighted by Crippen LogP contribution is -2.20. The third-order valence-corrected chi connectivity index (χ3v) is 1.56. The Morgan fingerprint density at radius 2 is 1.83 bits per heavy atom. The molecular formula is C8H10N2O2. The molecule has 0 spiro atoms. The van der Waals surface area contributed by atoms with E-state index in [1.54, 1.807) is 24.3 Å². The number of rotatable bonds is 2. The van der Waals surface area contributed by atoms with Gasteiger partial charge in [0.15, 0.2) is 0 Å². The summed E-state index contributed by atoms with van der Waals surface area (Å²) in [7, 11) is 0. The van der Waals surface area contributed by atoms with E-state index in [-0.39, 0.29) is 0 Å². The smallest absolute Gasteiger partial charge is 0.325 e. The molecule has 0 aliphatic carbocycles. The summed E-state index contributed by atoms with van der Waals surface area (Å²) in [5.41, 5.74) is 11.9. The second kappa shape index (κ2) is 3.23. The number of nitrogens with two attached hydrogens (primary N) is 2. The average Bonchev–Trinajstić information content (AvgIpc) is 2.04. The number of carboxylic acid groups (broad SMARTS) is 1. The minimum atomic E-state index is -1.04. The molecule has 0 fully saturated rings. The van der Waals surface area contributed by atoms with Gasteiger partial charge in [0.1, 0.15) is 6.04 Å². The fourth-order valence-corrected chi connectivity index (χ4v) is 0.846. The SMILES string of the molecule is Nc1ccc([C@@H](N)C(=O)O)cc1. The highest BCUT2D eigenvalue weighted by Gasteiger charge is 2.12. The monoisotopic (exact) mass is 166 g/mol. The van der Waals surface area contributed by atoms with Gasteiger partial charge in [0.2, 0.25) is 0 Å². The second-order valence-corrected chi connectivity index (χ2v) is 2.48. The van der Waals surface area contributed by atoms with Crippen LogP contribution in [0, 0.1) is 0 Å². The van der Waals surface area contributed by atoms with Gasteiger partial charge < -0.3 is 16.6 Å². The fourth-order valence-electron chi connectivity index (χ4n) is 0.846. The number of aliphatic carboxylic acids is 1. The summed E-state index contributed by atoms with van der Waals surface area (Å²) in [6.45, 7) is 0. The quantitative estimate of drug-likeness (QED) is 0.553. The van der Waals surface area contributed by atoms with Crippen molar-refractivity contribution in [2.45, 2.75) is 6.04 Å². The molecule has 12 heavy (non-hydrogen) atoms. The van der Waals surface area contributed by atoms with Crippen molar-refractivity contribution in [3.8, 4) is 0 Å². The fraction of sp³-hybridized carbons (Fsp3) is 0.125. The van der Waals surface area contributed by atoms with Crippen molar-refractivity contribution in [3.63, 3.8) is 0 Å². The molecule has 1 aromatic carbocycles. The predicted molar refractivity (Wildman–Crippen MR) is 45.4 cm³/mol. The summed E-state index contributed by atoms with van der Waals surface area (Å²) in [4.78, 5) is 10.4. The zero-order valence-electron chi connectivity index (χ0n) is 6.40. The molecule has 0 saturated heterocycles. The molecule has 0 aliphatic rings. The van der Waals surface area contributed by atoms with Crippen molar-refractivity contribution >= 4 is 11.7 Å². The number of benzene rings is 1. The molecule has 0 aliphatic heterocycles. The molecular weight excluding hydrogens is 156 g/mol. The zero-order chi connectivity index (χ0) is 9.14. The Morgan fingerprint density at radius 1 is 1.33 bits per heavy atom. The normalized spacial score (nSPS) is 12.4. The molecule has 1 atom stereocenters. The van der Waals surface area contributed by atoms with Crippen LogP contribution in [0.3, 0.4) is 0 Å². The Labute approximate surface area is 69.8 Å². The van der Waals surface area contributed by atoms with Crippen LogP contribution in [-0.2, 0) is 4.79 Å². The van der Waals surface area contributed by atoms with Crippen molar-refractivity contribution in [3.05, 3.63) is 29.8 Å². The van der Waals surface area contributed by atoms with E-state index in [2.05, 4.69) is 0 Å². The van der Waals surface area contributed by atoms with E-state index in [9.17, 15) is 4.79 Å². The molecule has 0 amide bonds. The van der Waals surface area contributed by atoms with Crippen LogP contribution >= 0.6 is 0 Å². The number of anilines is 1. The molecule has 4 nitrogen and oxygen atoms in total. The van der Waals surface area contributed by atoms with Gasteiger partial charge in [-0.2, -0.15) is 0 Å². The predicted octanol–water partition coefficient (Wildman–Crippen LogP) is 0.353. The number of hydrogen-bond donors (Lipinski definition) is 3. The van der Waals surface area contributed by atoms with Crippen molar-refractivity contribution in [2.75, 3.05) is 5.73 Å². The Hall–Kier alpha value is -1.55. The molecule has 64 valence electrons. The van der Waals surface area contributed by atoms with Crippen LogP contribution in [-0.4, -0.2) is 11.1 Å². The first kappa shape index (κ1) is 8.55. The lowest BCUT2D eigenvalue weighted by molar-refractivity contribution is -0.138. The van der Waals surface area contributed by atoms with E-state index in [1.165, 1.54) is 0 Å². The number of hydrogen-bond acceptors (Lipinski definition) is 3. The highest BCUT2D eigenvalue weighted by molar-refractivity contribution is 5.75. The Bertz CT molecular complexity index is 282. The van der Waals surface area contributed by atoms with Gasteiger partial charge in [-0.15, -0.1) is 0 Å². The first-order valence-corrected chi connectivity index (χ1v) is 3.45. The summed E-state index contributed by atoms with van der Waals surface area (Å²) in [5.74, 6) is -1.04. The molecule has 0 aromatic heterocycles. The zero-order valence-corrected chi connectivity index (χ0v) is 6.40. The van der Waals surface area contributed by atoms with Crippen molar-refractivity contribution in [2.24, 2.45) is 5.73 Å². The van der Waals surface area contributed by atoms with E-state index >= 15 is 0 Å². The van der Waals surface area contributed by atoms with Gasteiger partial charge in [-0.1, -0.05) is 12.1 Å². The number of carbonyl (C=O) groups is 1. The van der Waals surface area contributed by atoms with Crippen LogP contribution in [0.2, 0.25) is 0 Å². The van der Waals surface area contributed by atoms with Gasteiger partial charge in [-0.3, -0.25) is 4.79 Å². The molecule has 1 rings (SSSR count). The van der Waals surface area contributed by atoms with Gasteiger partial charge in [-0.05, 0) is 17.7 Å². The van der Waals surface area contributed by atoms with Crippen LogP contribution < -0.4 is 11.5 Å². The molecule has 0 unspecified atom stereocenters. The van der Waals surface area contributed by atoms with E-state index in [0.717, 1.165) is 0 Å². The van der Waals surface area contributed by atoms with Crippen molar-refractivity contribution in [1.29, 1.82) is 0 Å². The molecule has 4 heteroatoms. The number of nitrogen functional groups attached to an aromatic ring is 1. The molecule has 0 radical (unpaired) electrons. The number of carboxylic acids is 1. The van der Waals surface area contributed by atoms with Gasteiger partial charge in [0.05, 0.1) is 0 Å². The van der Waals surface area contributed by atoms with Crippen molar-refractivity contribution < 1.29 is 9.90 Å². The summed E-state index contributed by atoms with van der Waals surface area (Å²) in [6.07, 6.45) is 0. The Balaban J connectivity index is 2.89. The van der Waals surface area contributed by atoms with Crippen LogP contribution in [0.1, 0.15) is 11.6 Å². The molecule has 1 aromatic rings. The third-order valence-electron chi connectivity index (χ3n) is 1.56. The minimum Gasteiger partial charge on any atom is -0.480 e. The lowest BCUT2D eigenvalue weighted by atomic mass is 10.1. The first-order chi connectivity index (χ1) is 5.61. The van der Waals surface area contributed by atoms with Gasteiger partial charge in [-0.25, -0.2) is 0 Å².